The van der Waals surface area contributed by atoms with E-state index in [1.54, 1.807) is 26.0 Å². The van der Waals surface area contributed by atoms with Crippen LogP contribution >= 0.6 is 23.4 Å². The van der Waals surface area contributed by atoms with Gasteiger partial charge in [0.05, 0.1) is 30.0 Å². The summed E-state index contributed by atoms with van der Waals surface area (Å²) in [6.45, 7) is 3.28. The van der Waals surface area contributed by atoms with Gasteiger partial charge in [-0.15, -0.1) is 10.2 Å². The van der Waals surface area contributed by atoms with Crippen molar-refractivity contribution < 1.29 is 13.9 Å². The average Bonchev–Trinajstić information content (AvgIpc) is 3.37. The maximum absolute atomic E-state index is 6.14. The number of halogens is 1. The molecule has 156 valence electrons. The molecule has 2 aromatic heterocycles. The summed E-state index contributed by atoms with van der Waals surface area (Å²) < 4.78 is 18.5. The largest absolute Gasteiger partial charge is 0.497 e. The number of imidazole rings is 1. The number of methoxy groups -OCH3 is 2. The molecule has 0 unspecified atom stereocenters. The fraction of sp³-hybridized carbons (Fsp3) is 0.286. The van der Waals surface area contributed by atoms with Gasteiger partial charge in [-0.2, -0.15) is 0 Å². The summed E-state index contributed by atoms with van der Waals surface area (Å²) in [6, 6.07) is 13.2. The van der Waals surface area contributed by atoms with Gasteiger partial charge in [0, 0.05) is 24.2 Å². The van der Waals surface area contributed by atoms with E-state index in [2.05, 4.69) is 14.8 Å². The molecule has 0 bridgehead atoms. The Morgan fingerprint density at radius 1 is 1.13 bits per heavy atom. The molecule has 0 saturated heterocycles. The van der Waals surface area contributed by atoms with Crippen molar-refractivity contribution in [3.63, 3.8) is 0 Å². The van der Waals surface area contributed by atoms with E-state index < -0.39 is 0 Å². The van der Waals surface area contributed by atoms with Crippen LogP contribution in [-0.4, -0.2) is 40.6 Å². The van der Waals surface area contributed by atoms with Crippen LogP contribution in [0, 0.1) is 0 Å². The lowest BCUT2D eigenvalue weighted by molar-refractivity contribution is 0.186. The molecule has 0 aliphatic carbocycles. The molecule has 7 nitrogen and oxygen atoms in total. The second-order valence-corrected chi connectivity index (χ2v) is 8.35. The number of nitrogens with zero attached hydrogens (tertiary/aromatic N) is 4. The van der Waals surface area contributed by atoms with E-state index in [0.717, 1.165) is 27.5 Å². The molecule has 30 heavy (non-hydrogen) atoms. The molecule has 0 spiro atoms. The van der Waals surface area contributed by atoms with Gasteiger partial charge in [0.2, 0.25) is 11.8 Å². The third-order valence-electron chi connectivity index (χ3n) is 4.60. The van der Waals surface area contributed by atoms with Crippen LogP contribution in [0.4, 0.5) is 0 Å². The van der Waals surface area contributed by atoms with Gasteiger partial charge < -0.3 is 18.5 Å². The van der Waals surface area contributed by atoms with Crippen molar-refractivity contribution >= 4 is 34.4 Å². The quantitative estimate of drug-likeness (QED) is 0.343. The Bertz CT molecular complexity index is 1140. The predicted octanol–water partition coefficient (Wildman–Crippen LogP) is 5.25. The lowest BCUT2D eigenvalue weighted by Gasteiger charge is -2.10. The van der Waals surface area contributed by atoms with Crippen molar-refractivity contribution in [2.45, 2.75) is 23.9 Å². The first kappa shape index (κ1) is 20.7. The third kappa shape index (κ3) is 4.30. The van der Waals surface area contributed by atoms with E-state index in [1.807, 2.05) is 49.4 Å². The van der Waals surface area contributed by atoms with Gasteiger partial charge in [-0.3, -0.25) is 0 Å². The third-order valence-corrected chi connectivity index (χ3v) is 5.91. The SMILES string of the molecule is COCCn1c(S[C@@H](C)c2nnc(-c3ccc(OC)cc3)o2)nc2cc(Cl)ccc21. The van der Waals surface area contributed by atoms with E-state index in [9.17, 15) is 0 Å². The standard InChI is InChI=1S/C21H21ClN4O3S/c1-13(19-24-25-20(29-19)14-4-7-16(28-3)8-5-14)30-21-23-17-12-15(22)6-9-18(17)26(21)10-11-27-2/h4-9,12-13H,10-11H2,1-3H3/t13-/m0/s1. The molecule has 0 N–H and O–H groups in total. The summed E-state index contributed by atoms with van der Waals surface area (Å²) in [5, 5.41) is 9.86. The Morgan fingerprint density at radius 2 is 1.93 bits per heavy atom. The highest BCUT2D eigenvalue weighted by Crippen LogP contribution is 2.36. The number of rotatable bonds is 8. The van der Waals surface area contributed by atoms with E-state index in [4.69, 9.17) is 30.5 Å². The molecule has 2 heterocycles. The second-order valence-electron chi connectivity index (χ2n) is 6.61. The summed E-state index contributed by atoms with van der Waals surface area (Å²) >= 11 is 7.70. The lowest BCUT2D eigenvalue weighted by Crippen LogP contribution is -2.06. The highest BCUT2D eigenvalue weighted by atomic mass is 35.5. The predicted molar refractivity (Wildman–Crippen MR) is 117 cm³/mol. The van der Waals surface area contributed by atoms with Crippen LogP contribution in [0.1, 0.15) is 18.1 Å². The molecule has 0 aliphatic rings. The highest BCUT2D eigenvalue weighted by molar-refractivity contribution is 7.99. The van der Waals surface area contributed by atoms with Crippen molar-refractivity contribution in [2.75, 3.05) is 20.8 Å². The molecule has 4 aromatic rings. The number of fused-ring (bicyclic) bond motifs is 1. The van der Waals surface area contributed by atoms with Crippen LogP contribution in [0.3, 0.4) is 0 Å². The summed E-state index contributed by atoms with van der Waals surface area (Å²) in [4.78, 5) is 4.76. The molecule has 0 saturated carbocycles. The molecule has 4 rings (SSSR count). The number of thioether (sulfide) groups is 1. The van der Waals surface area contributed by atoms with Crippen LogP contribution in [0.15, 0.2) is 52.0 Å². The summed E-state index contributed by atoms with van der Waals surface area (Å²) in [5.74, 6) is 1.78. The Labute approximate surface area is 183 Å². The monoisotopic (exact) mass is 444 g/mol. The van der Waals surface area contributed by atoms with Crippen molar-refractivity contribution in [3.05, 3.63) is 53.4 Å². The van der Waals surface area contributed by atoms with E-state index in [1.165, 1.54) is 0 Å². The zero-order valence-corrected chi connectivity index (χ0v) is 18.4. The summed E-state index contributed by atoms with van der Waals surface area (Å²) in [7, 11) is 3.32. The minimum absolute atomic E-state index is 0.0851. The molecule has 0 fully saturated rings. The van der Waals surface area contributed by atoms with Crippen LogP contribution in [0.2, 0.25) is 5.02 Å². The van der Waals surface area contributed by atoms with Gasteiger partial charge in [0.25, 0.3) is 0 Å². The Kier molecular flexibility index (Phi) is 6.26. The zero-order valence-electron chi connectivity index (χ0n) is 16.8. The minimum Gasteiger partial charge on any atom is -0.497 e. The summed E-state index contributed by atoms with van der Waals surface area (Å²) in [5.41, 5.74) is 2.70. The minimum atomic E-state index is -0.0851. The van der Waals surface area contributed by atoms with Gasteiger partial charge in [-0.25, -0.2) is 4.98 Å². The number of benzene rings is 2. The van der Waals surface area contributed by atoms with Crippen LogP contribution in [-0.2, 0) is 11.3 Å². The first-order valence-corrected chi connectivity index (χ1v) is 10.6. The maximum Gasteiger partial charge on any atom is 0.247 e. The zero-order chi connectivity index (χ0) is 21.1. The molecule has 0 aliphatic heterocycles. The molecule has 0 amide bonds. The molecule has 0 radical (unpaired) electrons. The topological polar surface area (TPSA) is 75.2 Å². The van der Waals surface area contributed by atoms with Crippen molar-refractivity contribution in [2.24, 2.45) is 0 Å². The Balaban J connectivity index is 1.58. The van der Waals surface area contributed by atoms with Crippen LogP contribution in [0.25, 0.3) is 22.5 Å². The molecule has 9 heteroatoms. The Morgan fingerprint density at radius 3 is 2.67 bits per heavy atom. The van der Waals surface area contributed by atoms with Gasteiger partial charge >= 0.3 is 0 Å². The molecule has 1 atom stereocenters. The van der Waals surface area contributed by atoms with Gasteiger partial charge in [-0.05, 0) is 49.4 Å². The van der Waals surface area contributed by atoms with Crippen LogP contribution in [0.5, 0.6) is 5.75 Å². The number of hydrogen-bond donors (Lipinski definition) is 0. The van der Waals surface area contributed by atoms with Crippen molar-refractivity contribution in [1.82, 2.24) is 19.7 Å². The first-order valence-electron chi connectivity index (χ1n) is 9.38. The lowest BCUT2D eigenvalue weighted by atomic mass is 10.2. The fourth-order valence-corrected chi connectivity index (χ4v) is 4.17. The first-order chi connectivity index (χ1) is 14.6. The van der Waals surface area contributed by atoms with E-state index in [0.29, 0.717) is 30.0 Å². The summed E-state index contributed by atoms with van der Waals surface area (Å²) in [6.07, 6.45) is 0. The van der Waals surface area contributed by atoms with Gasteiger partial charge in [-0.1, -0.05) is 23.4 Å². The number of ether oxygens (including phenoxy) is 2. The van der Waals surface area contributed by atoms with Gasteiger partial charge in [0.15, 0.2) is 5.16 Å². The average molecular weight is 445 g/mol. The highest BCUT2D eigenvalue weighted by Gasteiger charge is 2.20. The molecular weight excluding hydrogens is 424 g/mol. The van der Waals surface area contributed by atoms with E-state index in [-0.39, 0.29) is 5.25 Å². The Hall–Kier alpha value is -2.55. The van der Waals surface area contributed by atoms with E-state index >= 15 is 0 Å². The van der Waals surface area contributed by atoms with Crippen molar-refractivity contribution in [1.29, 1.82) is 0 Å². The van der Waals surface area contributed by atoms with Gasteiger partial charge in [0.1, 0.15) is 5.75 Å². The molecule has 2 aromatic carbocycles. The maximum atomic E-state index is 6.14. The number of aromatic nitrogens is 4. The fourth-order valence-electron chi connectivity index (χ4n) is 3.03. The van der Waals surface area contributed by atoms with Crippen LogP contribution < -0.4 is 4.74 Å². The normalized spacial score (nSPS) is 12.4. The smallest absolute Gasteiger partial charge is 0.247 e. The second kappa shape index (κ2) is 9.07. The van der Waals surface area contributed by atoms with Crippen molar-refractivity contribution in [3.8, 4) is 17.2 Å². The number of hydrogen-bond acceptors (Lipinski definition) is 7. The molecular formula is C21H21ClN4O3S.